The Morgan fingerprint density at radius 3 is 1.20 bits per heavy atom. The maximum absolute atomic E-state index is 9.22. The molecule has 0 aliphatic rings. The molecule has 1 amide bonds. The highest BCUT2D eigenvalue weighted by Crippen LogP contribution is 1.79. The molecule has 3 N–H and O–H groups in total. The summed E-state index contributed by atoms with van der Waals surface area (Å²) in [5, 5.41) is 0. The van der Waals surface area contributed by atoms with Crippen molar-refractivity contribution in [1.29, 1.82) is 0 Å². The molecule has 1 aromatic rings. The lowest BCUT2D eigenvalue weighted by Gasteiger charge is -1.69. The molecule has 0 radical (unpaired) electrons. The number of hydrogen-bond acceptors (Lipinski definition) is 3. The largest absolute Gasteiger partial charge is 0.370 e. The molecule has 5 nitrogen and oxygen atoms in total. The van der Waals surface area contributed by atoms with Crippen LogP contribution in [0.2, 0.25) is 0 Å². The van der Waals surface area contributed by atoms with E-state index < -0.39 is 10.1 Å². The Bertz CT molecular complexity index is 309. The molecule has 0 atom stereocenters. The summed E-state index contributed by atoms with van der Waals surface area (Å²) in [4.78, 5) is 9.22. The van der Waals surface area contributed by atoms with E-state index in [0.717, 1.165) is 0 Å². The van der Waals surface area contributed by atoms with Crippen LogP contribution in [0.4, 0.5) is 0 Å². The maximum atomic E-state index is 9.22. The molecule has 0 heterocycles. The van der Waals surface area contributed by atoms with Crippen LogP contribution in [0.25, 0.3) is 0 Å². The zero-order valence-corrected chi connectivity index (χ0v) is 9.44. The molecule has 0 spiro atoms. The van der Waals surface area contributed by atoms with E-state index in [9.17, 15) is 13.2 Å². The molecule has 0 saturated heterocycles. The minimum absolute atomic E-state index is 0.333. The van der Waals surface area contributed by atoms with Gasteiger partial charge in [-0.2, -0.15) is 8.42 Å². The van der Waals surface area contributed by atoms with Crippen molar-refractivity contribution in [2.24, 2.45) is 5.73 Å². The van der Waals surface area contributed by atoms with Crippen LogP contribution in [0.15, 0.2) is 36.4 Å². The topological polar surface area (TPSA) is 97.5 Å². The second-order valence-corrected chi connectivity index (χ2v) is 3.96. The third-order valence-electron chi connectivity index (χ3n) is 0.667. The number of carbonyl (C=O) groups excluding carboxylic acids is 1. The molecule has 86 valence electrons. The van der Waals surface area contributed by atoms with E-state index in [1.165, 1.54) is 6.92 Å². The van der Waals surface area contributed by atoms with Crippen LogP contribution in [0.3, 0.4) is 0 Å². The van der Waals surface area contributed by atoms with Gasteiger partial charge in [0.25, 0.3) is 10.1 Å². The van der Waals surface area contributed by atoms with E-state index in [-0.39, 0.29) is 5.91 Å². The zero-order chi connectivity index (χ0) is 12.3. The average Bonchev–Trinajstić information content (AvgIpc) is 2.03. The third-order valence-corrected chi connectivity index (χ3v) is 0.667. The first-order chi connectivity index (χ1) is 6.73. The monoisotopic (exact) mass is 233 g/mol. The van der Waals surface area contributed by atoms with Crippen LogP contribution in [0, 0.1) is 0 Å². The predicted octanol–water partition coefficient (Wildman–Crippen LogP) is 0.682. The molecule has 15 heavy (non-hydrogen) atoms. The fourth-order valence-electron chi connectivity index (χ4n) is 0.385. The van der Waals surface area contributed by atoms with Gasteiger partial charge in [0.2, 0.25) is 5.91 Å². The fourth-order valence-corrected chi connectivity index (χ4v) is 0.385. The summed E-state index contributed by atoms with van der Waals surface area (Å²) in [5.41, 5.74) is 4.47. The van der Waals surface area contributed by atoms with Crippen LogP contribution in [-0.2, 0) is 14.9 Å². The minimum atomic E-state index is -3.67. The van der Waals surface area contributed by atoms with E-state index in [2.05, 4.69) is 5.73 Å². The van der Waals surface area contributed by atoms with E-state index in [4.69, 9.17) is 4.55 Å². The number of rotatable bonds is 0. The summed E-state index contributed by atoms with van der Waals surface area (Å²) in [7, 11) is -3.67. The summed E-state index contributed by atoms with van der Waals surface area (Å²) in [5.74, 6) is -0.333. The average molecular weight is 233 g/mol. The Labute approximate surface area is 89.7 Å². The van der Waals surface area contributed by atoms with Crippen molar-refractivity contribution in [3.05, 3.63) is 36.4 Å². The van der Waals surface area contributed by atoms with Crippen molar-refractivity contribution in [3.63, 3.8) is 0 Å². The maximum Gasteiger partial charge on any atom is 0.261 e. The smallest absolute Gasteiger partial charge is 0.261 e. The van der Waals surface area contributed by atoms with Gasteiger partial charge in [-0.25, -0.2) is 0 Å². The van der Waals surface area contributed by atoms with Gasteiger partial charge >= 0.3 is 0 Å². The Balaban J connectivity index is 0. The molecule has 0 aromatic heterocycles. The molecule has 0 fully saturated rings. The summed E-state index contributed by atoms with van der Waals surface area (Å²) < 4.78 is 25.9. The fraction of sp³-hybridized carbons (Fsp3) is 0.222. The van der Waals surface area contributed by atoms with Gasteiger partial charge in [-0.3, -0.25) is 9.35 Å². The number of primary amides is 1. The third kappa shape index (κ3) is 66.9. The van der Waals surface area contributed by atoms with Gasteiger partial charge in [0.05, 0.1) is 6.26 Å². The van der Waals surface area contributed by atoms with E-state index in [0.29, 0.717) is 6.26 Å². The summed E-state index contributed by atoms with van der Waals surface area (Å²) >= 11 is 0. The minimum Gasteiger partial charge on any atom is -0.370 e. The first kappa shape index (κ1) is 16.0. The van der Waals surface area contributed by atoms with Crippen LogP contribution in [0.5, 0.6) is 0 Å². The van der Waals surface area contributed by atoms with Crippen molar-refractivity contribution in [2.75, 3.05) is 6.26 Å². The first-order valence-corrected chi connectivity index (χ1v) is 5.77. The van der Waals surface area contributed by atoms with Gasteiger partial charge in [0, 0.05) is 6.92 Å². The second-order valence-electron chi connectivity index (χ2n) is 2.50. The molecule has 0 aliphatic heterocycles. The number of benzene rings is 1. The van der Waals surface area contributed by atoms with Gasteiger partial charge in [0.1, 0.15) is 0 Å². The molecule has 1 aromatic carbocycles. The van der Waals surface area contributed by atoms with Crippen molar-refractivity contribution >= 4 is 16.0 Å². The standard InChI is InChI=1S/C6H6.C2H5NO.CH4O3S/c1-2-4-6-5-3-1;1-2(3)4;1-5(2,3)4/h1-6H;1H3,(H2,3,4);1H3,(H,2,3,4). The highest BCUT2D eigenvalue weighted by atomic mass is 32.2. The van der Waals surface area contributed by atoms with Gasteiger partial charge in [-0.05, 0) is 0 Å². The van der Waals surface area contributed by atoms with Crippen molar-refractivity contribution in [3.8, 4) is 0 Å². The second kappa shape index (κ2) is 9.17. The molecule has 1 rings (SSSR count). The van der Waals surface area contributed by atoms with Gasteiger partial charge in [-0.15, -0.1) is 0 Å². The van der Waals surface area contributed by atoms with E-state index >= 15 is 0 Å². The molecule has 0 bridgehead atoms. The van der Waals surface area contributed by atoms with Crippen LogP contribution >= 0.6 is 0 Å². The SMILES string of the molecule is CC(N)=O.CS(=O)(=O)O.c1ccccc1. The van der Waals surface area contributed by atoms with E-state index in [1.807, 2.05) is 36.4 Å². The molecule has 0 aliphatic carbocycles. The van der Waals surface area contributed by atoms with Gasteiger partial charge in [0.15, 0.2) is 0 Å². The van der Waals surface area contributed by atoms with E-state index in [1.54, 1.807) is 0 Å². The lowest BCUT2D eigenvalue weighted by atomic mass is 10.4. The Kier molecular flexibility index (Phi) is 9.81. The highest BCUT2D eigenvalue weighted by molar-refractivity contribution is 7.85. The summed E-state index contributed by atoms with van der Waals surface area (Å²) in [6.07, 6.45) is 0.715. The Morgan fingerprint density at radius 1 is 1.07 bits per heavy atom. The summed E-state index contributed by atoms with van der Waals surface area (Å²) in [6, 6.07) is 12.0. The lowest BCUT2D eigenvalue weighted by molar-refractivity contribution is -0.115. The molecule has 6 heteroatoms. The first-order valence-electron chi connectivity index (χ1n) is 3.92. The Morgan fingerprint density at radius 2 is 1.13 bits per heavy atom. The van der Waals surface area contributed by atoms with Crippen LogP contribution in [-0.4, -0.2) is 25.1 Å². The predicted molar refractivity (Wildman–Crippen MR) is 58.8 cm³/mol. The van der Waals surface area contributed by atoms with Crippen molar-refractivity contribution in [1.82, 2.24) is 0 Å². The lowest BCUT2D eigenvalue weighted by Crippen LogP contribution is -2.01. The zero-order valence-electron chi connectivity index (χ0n) is 8.62. The molecular formula is C9H15NO4S. The molecule has 0 saturated carbocycles. The number of nitrogens with two attached hydrogens (primary N) is 1. The normalized spacial score (nSPS) is 8.73. The molecule has 0 unspecified atom stereocenters. The highest BCUT2D eigenvalue weighted by Gasteiger charge is 1.81. The van der Waals surface area contributed by atoms with Gasteiger partial charge in [-0.1, -0.05) is 36.4 Å². The number of hydrogen-bond donors (Lipinski definition) is 2. The number of amides is 1. The van der Waals surface area contributed by atoms with Crippen molar-refractivity contribution < 1.29 is 17.8 Å². The van der Waals surface area contributed by atoms with Gasteiger partial charge < -0.3 is 5.73 Å². The van der Waals surface area contributed by atoms with Crippen LogP contribution in [0.1, 0.15) is 6.92 Å². The quantitative estimate of drug-likeness (QED) is 0.644. The number of carbonyl (C=O) groups is 1. The van der Waals surface area contributed by atoms with Crippen LogP contribution < -0.4 is 5.73 Å². The molecular weight excluding hydrogens is 218 g/mol. The Hall–Kier alpha value is -1.40. The summed E-state index contributed by atoms with van der Waals surface area (Å²) in [6.45, 7) is 1.31. The van der Waals surface area contributed by atoms with Crippen molar-refractivity contribution in [2.45, 2.75) is 6.92 Å².